The third-order valence-electron chi connectivity index (χ3n) is 3.44. The zero-order chi connectivity index (χ0) is 14.7. The molecular weight excluding hydrogens is 370 g/mol. The molecule has 0 saturated carbocycles. The second-order valence-electron chi connectivity index (χ2n) is 5.07. The molecular formula is C14H17BrClN5O. The fourth-order valence-corrected chi connectivity index (χ4v) is 2.79. The van der Waals surface area contributed by atoms with Gasteiger partial charge in [0.2, 0.25) is 11.9 Å². The van der Waals surface area contributed by atoms with Crippen molar-refractivity contribution < 1.29 is 4.79 Å². The van der Waals surface area contributed by atoms with E-state index in [1.807, 2.05) is 24.3 Å². The number of carbonyl (C=O) groups is 1. The lowest BCUT2D eigenvalue weighted by Gasteiger charge is -2.06. The number of hydrogen-bond donors (Lipinski definition) is 2. The normalized spacial score (nSPS) is 17.0. The minimum Gasteiger partial charge on any atom is -0.316 e. The number of nitrogens with one attached hydrogen (secondary N) is 2. The first-order valence-corrected chi connectivity index (χ1v) is 7.65. The summed E-state index contributed by atoms with van der Waals surface area (Å²) in [5.41, 5.74) is 1.12. The molecule has 1 aliphatic heterocycles. The van der Waals surface area contributed by atoms with Crippen LogP contribution < -0.4 is 10.6 Å². The van der Waals surface area contributed by atoms with Crippen molar-refractivity contribution >= 4 is 40.2 Å². The molecule has 1 unspecified atom stereocenters. The van der Waals surface area contributed by atoms with Gasteiger partial charge in [0.1, 0.15) is 6.33 Å². The molecule has 2 heterocycles. The van der Waals surface area contributed by atoms with Crippen molar-refractivity contribution in [3.05, 3.63) is 40.6 Å². The Bertz CT molecular complexity index is 642. The zero-order valence-corrected chi connectivity index (χ0v) is 14.2. The van der Waals surface area contributed by atoms with Crippen molar-refractivity contribution in [3.63, 3.8) is 0 Å². The molecule has 0 aliphatic carbocycles. The molecule has 1 saturated heterocycles. The van der Waals surface area contributed by atoms with Crippen LogP contribution in [0.4, 0.5) is 5.95 Å². The van der Waals surface area contributed by atoms with Crippen LogP contribution in [-0.4, -0.2) is 33.8 Å². The van der Waals surface area contributed by atoms with Gasteiger partial charge >= 0.3 is 0 Å². The highest BCUT2D eigenvalue weighted by Gasteiger charge is 2.23. The summed E-state index contributed by atoms with van der Waals surface area (Å²) in [5.74, 6) is 0.365. The molecule has 118 valence electrons. The summed E-state index contributed by atoms with van der Waals surface area (Å²) in [6.45, 7) is 2.24. The number of anilines is 1. The minimum absolute atomic E-state index is 0. The van der Waals surface area contributed by atoms with Crippen LogP contribution in [0.5, 0.6) is 0 Å². The zero-order valence-electron chi connectivity index (χ0n) is 11.8. The van der Waals surface area contributed by atoms with E-state index in [4.69, 9.17) is 0 Å². The van der Waals surface area contributed by atoms with Crippen LogP contribution in [-0.2, 0) is 11.3 Å². The van der Waals surface area contributed by atoms with Crippen LogP contribution in [0.2, 0.25) is 0 Å². The summed E-state index contributed by atoms with van der Waals surface area (Å²) in [6.07, 6.45) is 2.49. The Morgan fingerprint density at radius 2 is 2.36 bits per heavy atom. The van der Waals surface area contributed by atoms with Gasteiger partial charge in [0.05, 0.1) is 12.5 Å². The molecule has 2 N–H and O–H groups in total. The molecule has 1 aromatic heterocycles. The molecule has 1 fully saturated rings. The Morgan fingerprint density at radius 3 is 3.09 bits per heavy atom. The van der Waals surface area contributed by atoms with Gasteiger partial charge in [0, 0.05) is 11.0 Å². The Morgan fingerprint density at radius 1 is 1.50 bits per heavy atom. The second-order valence-corrected chi connectivity index (χ2v) is 5.99. The van der Waals surface area contributed by atoms with Gasteiger partial charge in [0.25, 0.3) is 0 Å². The molecule has 6 nitrogen and oxygen atoms in total. The van der Waals surface area contributed by atoms with Gasteiger partial charge < -0.3 is 5.32 Å². The maximum absolute atomic E-state index is 12.0. The van der Waals surface area contributed by atoms with Gasteiger partial charge in [-0.15, -0.1) is 17.5 Å². The smallest absolute Gasteiger partial charge is 0.248 e. The van der Waals surface area contributed by atoms with Crippen molar-refractivity contribution in [1.29, 1.82) is 0 Å². The standard InChI is InChI=1S/C14H16BrN5O.ClH/c15-12-3-1-2-10(6-12)8-20-9-17-14(19-20)18-13(21)11-4-5-16-7-11;/h1-3,6,9,11,16H,4-5,7-8H2,(H,18,19,21);1H. The van der Waals surface area contributed by atoms with Gasteiger partial charge in [-0.2, -0.15) is 0 Å². The largest absolute Gasteiger partial charge is 0.316 e. The molecule has 1 amide bonds. The number of hydrogen-bond acceptors (Lipinski definition) is 4. The van der Waals surface area contributed by atoms with Crippen molar-refractivity contribution in [2.24, 2.45) is 5.92 Å². The van der Waals surface area contributed by atoms with E-state index in [-0.39, 0.29) is 24.2 Å². The van der Waals surface area contributed by atoms with Crippen LogP contribution in [0, 0.1) is 5.92 Å². The molecule has 0 bridgehead atoms. The fourth-order valence-electron chi connectivity index (χ4n) is 2.34. The lowest BCUT2D eigenvalue weighted by Crippen LogP contribution is -2.25. The number of aromatic nitrogens is 3. The van der Waals surface area contributed by atoms with E-state index in [9.17, 15) is 4.79 Å². The Balaban J connectivity index is 0.00000176. The average molecular weight is 387 g/mol. The number of carbonyl (C=O) groups excluding carboxylic acids is 1. The Labute approximate surface area is 143 Å². The van der Waals surface area contributed by atoms with Crippen molar-refractivity contribution in [1.82, 2.24) is 20.1 Å². The predicted octanol–water partition coefficient (Wildman–Crippen LogP) is 2.06. The molecule has 2 aromatic rings. The topological polar surface area (TPSA) is 71.8 Å². The van der Waals surface area contributed by atoms with Gasteiger partial charge in [-0.3, -0.25) is 10.1 Å². The van der Waals surface area contributed by atoms with Crippen LogP contribution in [0.15, 0.2) is 35.1 Å². The van der Waals surface area contributed by atoms with E-state index in [2.05, 4.69) is 36.6 Å². The number of rotatable bonds is 4. The molecule has 1 aromatic carbocycles. The quantitative estimate of drug-likeness (QED) is 0.844. The van der Waals surface area contributed by atoms with Crippen LogP contribution in [0.1, 0.15) is 12.0 Å². The number of benzene rings is 1. The maximum atomic E-state index is 12.0. The third-order valence-corrected chi connectivity index (χ3v) is 3.93. The van der Waals surface area contributed by atoms with Crippen molar-refractivity contribution in [2.75, 3.05) is 18.4 Å². The second kappa shape index (κ2) is 7.71. The highest BCUT2D eigenvalue weighted by molar-refractivity contribution is 9.10. The summed E-state index contributed by atoms with van der Waals surface area (Å²) in [5, 5.41) is 10.2. The van der Waals surface area contributed by atoms with Gasteiger partial charge in [-0.1, -0.05) is 28.1 Å². The van der Waals surface area contributed by atoms with E-state index in [0.717, 1.165) is 29.5 Å². The summed E-state index contributed by atoms with van der Waals surface area (Å²) >= 11 is 3.44. The predicted molar refractivity (Wildman–Crippen MR) is 90.1 cm³/mol. The van der Waals surface area contributed by atoms with Gasteiger partial charge in [0.15, 0.2) is 0 Å². The van der Waals surface area contributed by atoms with E-state index in [1.54, 1.807) is 11.0 Å². The fraction of sp³-hybridized carbons (Fsp3) is 0.357. The summed E-state index contributed by atoms with van der Waals surface area (Å²) < 4.78 is 2.74. The molecule has 8 heteroatoms. The summed E-state index contributed by atoms with van der Waals surface area (Å²) in [4.78, 5) is 16.1. The first kappa shape index (κ1) is 16.9. The first-order valence-electron chi connectivity index (χ1n) is 6.86. The van der Waals surface area contributed by atoms with E-state index >= 15 is 0 Å². The maximum Gasteiger partial charge on any atom is 0.248 e. The lowest BCUT2D eigenvalue weighted by atomic mass is 10.1. The molecule has 22 heavy (non-hydrogen) atoms. The molecule has 0 spiro atoms. The van der Waals surface area contributed by atoms with E-state index in [0.29, 0.717) is 12.5 Å². The van der Waals surface area contributed by atoms with Crippen molar-refractivity contribution in [2.45, 2.75) is 13.0 Å². The van der Waals surface area contributed by atoms with Gasteiger partial charge in [-0.25, -0.2) is 9.67 Å². The Hall–Kier alpha value is -1.44. The van der Waals surface area contributed by atoms with Crippen LogP contribution >= 0.6 is 28.3 Å². The molecule has 0 radical (unpaired) electrons. The lowest BCUT2D eigenvalue weighted by molar-refractivity contribution is -0.119. The number of nitrogens with zero attached hydrogens (tertiary/aromatic N) is 3. The number of halogens is 2. The summed E-state index contributed by atoms with van der Waals surface area (Å²) in [6, 6.07) is 8.01. The van der Waals surface area contributed by atoms with Crippen molar-refractivity contribution in [3.8, 4) is 0 Å². The SMILES string of the molecule is Cl.O=C(Nc1ncn(Cc2cccc(Br)c2)n1)C1CCNC1. The van der Waals surface area contributed by atoms with E-state index < -0.39 is 0 Å². The Kier molecular flexibility index (Phi) is 5.93. The monoisotopic (exact) mass is 385 g/mol. The van der Waals surface area contributed by atoms with Crippen LogP contribution in [0.25, 0.3) is 0 Å². The van der Waals surface area contributed by atoms with E-state index in [1.165, 1.54) is 0 Å². The minimum atomic E-state index is -0.0137. The highest BCUT2D eigenvalue weighted by Crippen LogP contribution is 2.13. The number of amides is 1. The molecule has 1 atom stereocenters. The van der Waals surface area contributed by atoms with Gasteiger partial charge in [-0.05, 0) is 30.7 Å². The highest BCUT2D eigenvalue weighted by atomic mass is 79.9. The summed E-state index contributed by atoms with van der Waals surface area (Å²) in [7, 11) is 0. The van der Waals surface area contributed by atoms with Crippen LogP contribution in [0.3, 0.4) is 0 Å². The first-order chi connectivity index (χ1) is 10.2. The molecule has 1 aliphatic rings. The third kappa shape index (κ3) is 4.28. The molecule has 3 rings (SSSR count). The average Bonchev–Trinajstić information content (AvgIpc) is 3.10.